The molecule has 3 heterocycles. The number of fused-ring (bicyclic) bond motifs is 1. The van der Waals surface area contributed by atoms with Crippen LogP contribution in [-0.2, 0) is 4.79 Å². The molecule has 1 atom stereocenters. The molecular formula is C26H30ClN5O2. The van der Waals surface area contributed by atoms with Crippen LogP contribution >= 0.6 is 11.6 Å². The van der Waals surface area contributed by atoms with Crippen LogP contribution in [0.25, 0.3) is 16.7 Å². The highest BCUT2D eigenvalue weighted by molar-refractivity contribution is 6.32. The zero-order valence-corrected chi connectivity index (χ0v) is 21.1. The summed E-state index contributed by atoms with van der Waals surface area (Å²) in [5.74, 6) is 0.657. The van der Waals surface area contributed by atoms with Gasteiger partial charge in [-0.1, -0.05) is 50.2 Å². The highest BCUT2D eigenvalue weighted by Crippen LogP contribution is 2.32. The number of anilines is 1. The van der Waals surface area contributed by atoms with Gasteiger partial charge in [0.25, 0.3) is 0 Å². The Morgan fingerprint density at radius 1 is 1.24 bits per heavy atom. The highest BCUT2D eigenvalue weighted by atomic mass is 35.5. The maximum atomic E-state index is 13.6. The number of pyridine rings is 1. The first-order valence-corrected chi connectivity index (χ1v) is 11.9. The molecule has 8 heteroatoms. The van der Waals surface area contributed by atoms with Crippen LogP contribution in [0.2, 0.25) is 5.02 Å². The van der Waals surface area contributed by atoms with Crippen LogP contribution in [0.5, 0.6) is 0 Å². The largest absolute Gasteiger partial charge is 0.355 e. The second kappa shape index (κ2) is 9.22. The molecule has 0 N–H and O–H groups in total. The van der Waals surface area contributed by atoms with Crippen LogP contribution in [0.1, 0.15) is 43.5 Å². The molecule has 0 bridgehead atoms. The number of rotatable bonds is 4. The lowest BCUT2D eigenvalue weighted by Gasteiger charge is -2.40. The molecule has 34 heavy (non-hydrogen) atoms. The van der Waals surface area contributed by atoms with Gasteiger partial charge < -0.3 is 9.80 Å². The van der Waals surface area contributed by atoms with E-state index in [4.69, 9.17) is 16.6 Å². The normalized spacial score (nSPS) is 16.4. The standard InChI is InChI=1S/C26H30ClN5O2/c1-7-22(33)30-11-12-31(17(5)14-30)24-20-13-21(27)18(6)28-25(20)32(26(34)29-24)23-16(4)9-8-10-19(23)15(2)3/h7-10,13,15,17H,1,11-12,14H2,2-6H3/t17-/m0/s1. The molecule has 0 radical (unpaired) electrons. The minimum Gasteiger partial charge on any atom is -0.350 e. The second-order valence-corrected chi connectivity index (χ2v) is 9.59. The fraction of sp³-hybridized carbons (Fsp3) is 0.385. The van der Waals surface area contributed by atoms with E-state index in [2.05, 4.69) is 30.3 Å². The van der Waals surface area contributed by atoms with Gasteiger partial charge in [-0.25, -0.2) is 14.3 Å². The van der Waals surface area contributed by atoms with E-state index in [1.165, 1.54) is 6.08 Å². The zero-order valence-electron chi connectivity index (χ0n) is 20.3. The van der Waals surface area contributed by atoms with Crippen molar-refractivity contribution in [2.45, 2.75) is 46.6 Å². The van der Waals surface area contributed by atoms with Gasteiger partial charge in [-0.15, -0.1) is 0 Å². The minimum atomic E-state index is -0.385. The Morgan fingerprint density at radius 3 is 2.62 bits per heavy atom. The highest BCUT2D eigenvalue weighted by Gasteiger charge is 2.29. The van der Waals surface area contributed by atoms with Gasteiger partial charge >= 0.3 is 5.69 Å². The van der Waals surface area contributed by atoms with E-state index in [0.717, 1.165) is 16.8 Å². The summed E-state index contributed by atoms with van der Waals surface area (Å²) < 4.78 is 1.62. The SMILES string of the molecule is C=CC(=O)N1CCN(c2nc(=O)n(-c3c(C)cccc3C(C)C)c3nc(C)c(Cl)cc23)[C@@H](C)C1. The lowest BCUT2D eigenvalue weighted by molar-refractivity contribution is -0.126. The minimum absolute atomic E-state index is 0.0478. The van der Waals surface area contributed by atoms with Crippen LogP contribution in [0.4, 0.5) is 5.82 Å². The molecule has 2 aromatic heterocycles. The fourth-order valence-corrected chi connectivity index (χ4v) is 4.82. The summed E-state index contributed by atoms with van der Waals surface area (Å²) in [5, 5.41) is 1.23. The van der Waals surface area contributed by atoms with E-state index in [0.29, 0.717) is 47.2 Å². The molecule has 7 nitrogen and oxygen atoms in total. The van der Waals surface area contributed by atoms with Gasteiger partial charge in [0, 0.05) is 25.7 Å². The third kappa shape index (κ3) is 4.09. The predicted molar refractivity (Wildman–Crippen MR) is 137 cm³/mol. The van der Waals surface area contributed by atoms with Gasteiger partial charge in [0.05, 0.1) is 21.8 Å². The van der Waals surface area contributed by atoms with E-state index < -0.39 is 0 Å². The van der Waals surface area contributed by atoms with Crippen molar-refractivity contribution in [3.8, 4) is 5.69 Å². The summed E-state index contributed by atoms with van der Waals surface area (Å²) >= 11 is 6.51. The van der Waals surface area contributed by atoms with Crippen molar-refractivity contribution in [1.29, 1.82) is 0 Å². The molecule has 1 fully saturated rings. The molecule has 4 rings (SSSR count). The zero-order chi connectivity index (χ0) is 24.7. The molecule has 0 saturated carbocycles. The molecule has 1 aliphatic heterocycles. The number of halogens is 1. The summed E-state index contributed by atoms with van der Waals surface area (Å²) in [6, 6.07) is 7.84. The number of hydrogen-bond donors (Lipinski definition) is 0. The van der Waals surface area contributed by atoms with Gasteiger partial charge in [-0.05, 0) is 50.0 Å². The molecule has 178 valence electrons. The third-order valence-electron chi connectivity index (χ3n) is 6.48. The average molecular weight is 480 g/mol. The van der Waals surface area contributed by atoms with E-state index in [-0.39, 0.29) is 23.6 Å². The Bertz CT molecular complexity index is 1350. The smallest absolute Gasteiger partial charge is 0.350 e. The number of para-hydroxylation sites is 1. The van der Waals surface area contributed by atoms with Gasteiger partial charge in [-0.2, -0.15) is 4.98 Å². The first-order chi connectivity index (χ1) is 16.1. The summed E-state index contributed by atoms with van der Waals surface area (Å²) in [6.45, 7) is 15.2. The molecule has 3 aromatic rings. The fourth-order valence-electron chi connectivity index (χ4n) is 4.67. The molecule has 1 amide bonds. The molecule has 1 aromatic carbocycles. The third-order valence-corrected chi connectivity index (χ3v) is 6.86. The molecule has 1 aliphatic rings. The number of aryl methyl sites for hydroxylation is 2. The first-order valence-electron chi connectivity index (χ1n) is 11.5. The van der Waals surface area contributed by atoms with Crippen molar-refractivity contribution in [2.75, 3.05) is 24.5 Å². The van der Waals surface area contributed by atoms with Crippen LogP contribution in [0.3, 0.4) is 0 Å². The Hall–Kier alpha value is -3.19. The van der Waals surface area contributed by atoms with Gasteiger partial charge in [0.1, 0.15) is 5.82 Å². The van der Waals surface area contributed by atoms with E-state index >= 15 is 0 Å². The summed E-state index contributed by atoms with van der Waals surface area (Å²) in [4.78, 5) is 38.9. The van der Waals surface area contributed by atoms with Crippen molar-refractivity contribution < 1.29 is 4.79 Å². The monoisotopic (exact) mass is 479 g/mol. The van der Waals surface area contributed by atoms with E-state index in [1.807, 2.05) is 45.0 Å². The van der Waals surface area contributed by atoms with Crippen LogP contribution < -0.4 is 10.6 Å². The van der Waals surface area contributed by atoms with E-state index in [9.17, 15) is 9.59 Å². The van der Waals surface area contributed by atoms with Crippen LogP contribution in [0.15, 0.2) is 41.7 Å². The number of carbonyl (C=O) groups is 1. The van der Waals surface area contributed by atoms with Crippen LogP contribution in [-0.4, -0.2) is 51.0 Å². The molecular weight excluding hydrogens is 450 g/mol. The number of hydrogen-bond acceptors (Lipinski definition) is 5. The summed E-state index contributed by atoms with van der Waals surface area (Å²) in [5.41, 5.74) is 3.64. The lowest BCUT2D eigenvalue weighted by Crippen LogP contribution is -2.54. The van der Waals surface area contributed by atoms with Crippen molar-refractivity contribution in [2.24, 2.45) is 0 Å². The number of piperazine rings is 1. The Labute approximate surface area is 204 Å². The number of aromatic nitrogens is 3. The van der Waals surface area contributed by atoms with Gasteiger partial charge in [0.2, 0.25) is 5.91 Å². The summed E-state index contributed by atoms with van der Waals surface area (Å²) in [6.07, 6.45) is 1.33. The molecule has 0 aliphatic carbocycles. The Morgan fingerprint density at radius 2 is 1.97 bits per heavy atom. The van der Waals surface area contributed by atoms with Crippen molar-refractivity contribution in [1.82, 2.24) is 19.4 Å². The Balaban J connectivity index is 1.96. The van der Waals surface area contributed by atoms with Crippen molar-refractivity contribution in [3.63, 3.8) is 0 Å². The number of carbonyl (C=O) groups excluding carboxylic acids is 1. The van der Waals surface area contributed by atoms with E-state index in [1.54, 1.807) is 9.47 Å². The maximum absolute atomic E-state index is 13.6. The predicted octanol–water partition coefficient (Wildman–Crippen LogP) is 4.40. The van der Waals surface area contributed by atoms with Crippen molar-refractivity contribution >= 4 is 34.4 Å². The molecule has 1 saturated heterocycles. The molecule has 0 unspecified atom stereocenters. The first kappa shape index (κ1) is 24.0. The van der Waals surface area contributed by atoms with Crippen LogP contribution in [0, 0.1) is 13.8 Å². The maximum Gasteiger partial charge on any atom is 0.355 e. The van der Waals surface area contributed by atoms with Gasteiger partial charge in [0.15, 0.2) is 5.65 Å². The molecule has 0 spiro atoms. The van der Waals surface area contributed by atoms with Crippen molar-refractivity contribution in [3.05, 3.63) is 69.2 Å². The quantitative estimate of drug-likeness (QED) is 0.519. The Kier molecular flexibility index (Phi) is 6.49. The lowest BCUT2D eigenvalue weighted by atomic mass is 9.98. The topological polar surface area (TPSA) is 71.3 Å². The number of nitrogens with zero attached hydrogens (tertiary/aromatic N) is 5. The summed E-state index contributed by atoms with van der Waals surface area (Å²) in [7, 11) is 0. The van der Waals surface area contributed by atoms with Gasteiger partial charge in [-0.3, -0.25) is 4.79 Å². The number of benzene rings is 1. The second-order valence-electron chi connectivity index (χ2n) is 9.18. The number of amides is 1. The average Bonchev–Trinajstić information content (AvgIpc) is 2.79.